The number of rotatable bonds is 5. The van der Waals surface area contributed by atoms with Gasteiger partial charge in [-0.25, -0.2) is 0 Å². The molecule has 2 aliphatic rings. The van der Waals surface area contributed by atoms with Crippen LogP contribution in [0.4, 0.5) is 5.69 Å². The summed E-state index contributed by atoms with van der Waals surface area (Å²) in [5.74, 6) is 0.828. The van der Waals surface area contributed by atoms with Gasteiger partial charge >= 0.3 is 0 Å². The van der Waals surface area contributed by atoms with Gasteiger partial charge in [0.05, 0.1) is 0 Å². The Hall–Kier alpha value is -2.04. The molecule has 0 unspecified atom stereocenters. The Kier molecular flexibility index (Phi) is 6.40. The van der Waals surface area contributed by atoms with Gasteiger partial charge in [-0.1, -0.05) is 36.4 Å². The summed E-state index contributed by atoms with van der Waals surface area (Å²) in [7, 11) is 0. The molecule has 2 N–H and O–H groups in total. The Morgan fingerprint density at radius 2 is 1.70 bits per heavy atom. The van der Waals surface area contributed by atoms with Gasteiger partial charge < -0.3 is 15.5 Å². The summed E-state index contributed by atoms with van der Waals surface area (Å²) in [5, 5.41) is 0. The standard InChI is InChI=1S/C22H27N3O.ClH/c23-21-8-4-2-5-18(21)11-14-24-12-9-17(10-13-24)15-25-16-19-6-1-3-7-20(19)22(25)26;/h1-8,17H,9-16,23H2;1H. The maximum absolute atomic E-state index is 12.5. The largest absolute Gasteiger partial charge is 0.399 e. The first-order valence-electron chi connectivity index (χ1n) is 9.63. The van der Waals surface area contributed by atoms with Crippen LogP contribution in [-0.2, 0) is 13.0 Å². The van der Waals surface area contributed by atoms with Crippen LogP contribution in [0.5, 0.6) is 0 Å². The molecule has 4 rings (SSSR count). The van der Waals surface area contributed by atoms with Gasteiger partial charge in [0, 0.05) is 30.9 Å². The zero-order valence-corrected chi connectivity index (χ0v) is 16.5. The molecule has 2 aliphatic heterocycles. The predicted molar refractivity (Wildman–Crippen MR) is 112 cm³/mol. The van der Waals surface area contributed by atoms with Crippen LogP contribution in [0.25, 0.3) is 0 Å². The normalized spacial score (nSPS) is 17.6. The average molecular weight is 386 g/mol. The molecule has 2 aromatic carbocycles. The van der Waals surface area contributed by atoms with Crippen molar-refractivity contribution >= 4 is 24.0 Å². The number of nitrogens with two attached hydrogens (primary N) is 1. The zero-order valence-electron chi connectivity index (χ0n) is 15.6. The van der Waals surface area contributed by atoms with Gasteiger partial charge in [0.25, 0.3) is 5.91 Å². The second kappa shape index (κ2) is 8.77. The number of amides is 1. The third kappa shape index (κ3) is 4.45. The summed E-state index contributed by atoms with van der Waals surface area (Å²) in [6.45, 7) is 4.98. The number of halogens is 1. The molecular formula is C22H28ClN3O. The number of piperidine rings is 1. The minimum atomic E-state index is 0. The highest BCUT2D eigenvalue weighted by atomic mass is 35.5. The molecule has 0 saturated carbocycles. The molecule has 1 fully saturated rings. The molecule has 1 saturated heterocycles. The second-order valence-electron chi connectivity index (χ2n) is 7.58. The van der Waals surface area contributed by atoms with Crippen molar-refractivity contribution < 1.29 is 4.79 Å². The topological polar surface area (TPSA) is 49.6 Å². The van der Waals surface area contributed by atoms with Crippen molar-refractivity contribution in [1.29, 1.82) is 0 Å². The van der Waals surface area contributed by atoms with Gasteiger partial charge in [0.15, 0.2) is 0 Å². The number of para-hydroxylation sites is 1. The van der Waals surface area contributed by atoms with Crippen molar-refractivity contribution in [3.63, 3.8) is 0 Å². The fourth-order valence-corrected chi connectivity index (χ4v) is 4.21. The van der Waals surface area contributed by atoms with Crippen LogP contribution < -0.4 is 5.73 Å². The number of fused-ring (bicyclic) bond motifs is 1. The van der Waals surface area contributed by atoms with Crippen molar-refractivity contribution in [3.05, 3.63) is 65.2 Å². The molecule has 0 aliphatic carbocycles. The van der Waals surface area contributed by atoms with Crippen LogP contribution in [0.3, 0.4) is 0 Å². The minimum absolute atomic E-state index is 0. The smallest absolute Gasteiger partial charge is 0.254 e. The first kappa shape index (κ1) is 19.7. The average Bonchev–Trinajstić information content (AvgIpc) is 2.98. The predicted octanol–water partition coefficient (Wildman–Crippen LogP) is 3.60. The number of nitrogen functional groups attached to an aromatic ring is 1. The van der Waals surface area contributed by atoms with E-state index < -0.39 is 0 Å². The molecule has 0 radical (unpaired) electrons. The van der Waals surface area contributed by atoms with Gasteiger partial charge in [-0.15, -0.1) is 12.4 Å². The van der Waals surface area contributed by atoms with Crippen LogP contribution in [0, 0.1) is 5.92 Å². The zero-order chi connectivity index (χ0) is 17.9. The number of benzene rings is 2. The number of hydrogen-bond donors (Lipinski definition) is 1. The van der Waals surface area contributed by atoms with Crippen LogP contribution >= 0.6 is 12.4 Å². The fourth-order valence-electron chi connectivity index (χ4n) is 4.21. The van der Waals surface area contributed by atoms with Crippen molar-refractivity contribution in [2.24, 2.45) is 5.92 Å². The molecular weight excluding hydrogens is 358 g/mol. The molecule has 27 heavy (non-hydrogen) atoms. The first-order chi connectivity index (χ1) is 12.7. The molecule has 0 bridgehead atoms. The summed E-state index contributed by atoms with van der Waals surface area (Å²) in [6.07, 6.45) is 3.35. The Bertz CT molecular complexity index is 787. The maximum Gasteiger partial charge on any atom is 0.254 e. The van der Waals surface area contributed by atoms with E-state index in [-0.39, 0.29) is 18.3 Å². The van der Waals surface area contributed by atoms with E-state index in [2.05, 4.69) is 23.1 Å². The van der Waals surface area contributed by atoms with Gasteiger partial charge in [-0.3, -0.25) is 4.79 Å². The molecule has 1 amide bonds. The Balaban J connectivity index is 0.00000210. The molecule has 2 aromatic rings. The molecule has 2 heterocycles. The monoisotopic (exact) mass is 385 g/mol. The molecule has 144 valence electrons. The first-order valence-corrected chi connectivity index (χ1v) is 9.63. The highest BCUT2D eigenvalue weighted by Crippen LogP contribution is 2.26. The van der Waals surface area contributed by atoms with E-state index in [9.17, 15) is 4.79 Å². The number of carbonyl (C=O) groups is 1. The van der Waals surface area contributed by atoms with Crippen LogP contribution in [0.15, 0.2) is 48.5 Å². The summed E-state index contributed by atoms with van der Waals surface area (Å²) in [4.78, 5) is 17.1. The van der Waals surface area contributed by atoms with Crippen LogP contribution in [-0.4, -0.2) is 41.9 Å². The quantitative estimate of drug-likeness (QED) is 0.800. The molecule has 4 nitrogen and oxygen atoms in total. The number of hydrogen-bond acceptors (Lipinski definition) is 3. The summed E-state index contributed by atoms with van der Waals surface area (Å²) in [6, 6.07) is 16.2. The Morgan fingerprint density at radius 1 is 1.00 bits per heavy atom. The van der Waals surface area contributed by atoms with Crippen LogP contribution in [0.1, 0.15) is 34.3 Å². The molecule has 0 aromatic heterocycles. The lowest BCUT2D eigenvalue weighted by Gasteiger charge is -2.34. The lowest BCUT2D eigenvalue weighted by atomic mass is 9.96. The third-order valence-electron chi connectivity index (χ3n) is 5.83. The number of likely N-dealkylation sites (tertiary alicyclic amines) is 1. The Morgan fingerprint density at radius 3 is 2.44 bits per heavy atom. The van der Waals surface area contributed by atoms with Crippen molar-refractivity contribution in [3.8, 4) is 0 Å². The third-order valence-corrected chi connectivity index (χ3v) is 5.83. The van der Waals surface area contributed by atoms with Crippen molar-refractivity contribution in [2.45, 2.75) is 25.8 Å². The summed E-state index contributed by atoms with van der Waals surface area (Å²) < 4.78 is 0. The van der Waals surface area contributed by atoms with E-state index >= 15 is 0 Å². The lowest BCUT2D eigenvalue weighted by molar-refractivity contribution is 0.0714. The maximum atomic E-state index is 12.5. The van der Waals surface area contributed by atoms with Crippen LogP contribution in [0.2, 0.25) is 0 Å². The number of anilines is 1. The van der Waals surface area contributed by atoms with E-state index in [4.69, 9.17) is 5.73 Å². The minimum Gasteiger partial charge on any atom is -0.399 e. The van der Waals surface area contributed by atoms with E-state index in [1.165, 1.54) is 24.0 Å². The highest BCUT2D eigenvalue weighted by molar-refractivity contribution is 5.98. The van der Waals surface area contributed by atoms with Gasteiger partial charge in [0.2, 0.25) is 0 Å². The van der Waals surface area contributed by atoms with Crippen molar-refractivity contribution in [1.82, 2.24) is 9.80 Å². The summed E-state index contributed by atoms with van der Waals surface area (Å²) in [5.41, 5.74) is 10.3. The highest BCUT2D eigenvalue weighted by Gasteiger charge is 2.29. The molecule has 5 heteroatoms. The Labute approximate surface area is 167 Å². The number of carbonyl (C=O) groups excluding carboxylic acids is 1. The fraction of sp³-hybridized carbons (Fsp3) is 0.409. The molecule has 0 atom stereocenters. The summed E-state index contributed by atoms with van der Waals surface area (Å²) >= 11 is 0. The second-order valence-corrected chi connectivity index (χ2v) is 7.58. The lowest BCUT2D eigenvalue weighted by Crippen LogP contribution is -2.39. The number of nitrogens with zero attached hydrogens (tertiary/aromatic N) is 2. The molecule has 0 spiro atoms. The van der Waals surface area contributed by atoms with Gasteiger partial charge in [-0.05, 0) is 61.5 Å². The SMILES string of the molecule is Cl.Nc1ccccc1CCN1CCC(CN2Cc3ccccc3C2=O)CC1. The van der Waals surface area contributed by atoms with Crippen molar-refractivity contribution in [2.75, 3.05) is 31.9 Å². The van der Waals surface area contributed by atoms with E-state index in [1.54, 1.807) is 0 Å². The van der Waals surface area contributed by atoms with Gasteiger partial charge in [0.1, 0.15) is 0 Å². The van der Waals surface area contributed by atoms with E-state index in [0.29, 0.717) is 5.92 Å². The van der Waals surface area contributed by atoms with E-state index in [0.717, 1.165) is 50.4 Å². The van der Waals surface area contributed by atoms with Gasteiger partial charge in [-0.2, -0.15) is 0 Å². The van der Waals surface area contributed by atoms with E-state index in [1.807, 2.05) is 35.2 Å².